The maximum atomic E-state index is 12.3. The monoisotopic (exact) mass is 322 g/mol. The molecule has 2 rings (SSSR count). The predicted molar refractivity (Wildman–Crippen MR) is 80.0 cm³/mol. The highest BCUT2D eigenvalue weighted by Gasteiger charge is 2.18. The Morgan fingerprint density at radius 1 is 1.24 bits per heavy atom. The molecule has 21 heavy (non-hydrogen) atoms. The molecule has 0 aliphatic carbocycles. The average molecular weight is 323 g/mol. The molecule has 0 heterocycles. The van der Waals surface area contributed by atoms with Gasteiger partial charge in [-0.3, -0.25) is 4.72 Å². The Kier molecular flexibility index (Phi) is 4.36. The van der Waals surface area contributed by atoms with Crippen molar-refractivity contribution in [2.45, 2.75) is 4.90 Å². The zero-order valence-electron chi connectivity index (χ0n) is 11.0. The van der Waals surface area contributed by atoms with Gasteiger partial charge in [0.25, 0.3) is 10.0 Å². The van der Waals surface area contributed by atoms with E-state index in [2.05, 4.69) is 4.72 Å². The van der Waals surface area contributed by atoms with Crippen molar-refractivity contribution < 1.29 is 13.2 Å². The molecule has 7 heteroatoms. The second-order valence-corrected chi connectivity index (χ2v) is 6.12. The molecule has 0 atom stereocenters. The van der Waals surface area contributed by atoms with Gasteiger partial charge in [0.1, 0.15) is 16.7 Å². The van der Waals surface area contributed by atoms with E-state index >= 15 is 0 Å². The van der Waals surface area contributed by atoms with Crippen LogP contribution < -0.4 is 9.46 Å². The van der Waals surface area contributed by atoms with Gasteiger partial charge in [-0.25, -0.2) is 8.42 Å². The fourth-order valence-electron chi connectivity index (χ4n) is 1.73. The number of benzene rings is 2. The molecule has 5 nitrogen and oxygen atoms in total. The summed E-state index contributed by atoms with van der Waals surface area (Å²) in [5, 5.41) is 9.26. The lowest BCUT2D eigenvalue weighted by Gasteiger charge is -2.10. The number of halogens is 1. The van der Waals surface area contributed by atoms with E-state index in [9.17, 15) is 8.42 Å². The third kappa shape index (κ3) is 3.27. The van der Waals surface area contributed by atoms with Gasteiger partial charge in [0.05, 0.1) is 23.4 Å². The van der Waals surface area contributed by atoms with Crippen molar-refractivity contribution in [3.63, 3.8) is 0 Å². The van der Waals surface area contributed by atoms with Crippen LogP contribution in [0, 0.1) is 11.3 Å². The van der Waals surface area contributed by atoms with Gasteiger partial charge in [0.15, 0.2) is 0 Å². The molecule has 0 unspecified atom stereocenters. The summed E-state index contributed by atoms with van der Waals surface area (Å²) in [6.07, 6.45) is 0. The van der Waals surface area contributed by atoms with Gasteiger partial charge < -0.3 is 4.74 Å². The fourth-order valence-corrected chi connectivity index (χ4v) is 3.20. The van der Waals surface area contributed by atoms with E-state index in [1.165, 1.54) is 31.4 Å². The Balaban J connectivity index is 2.38. The summed E-state index contributed by atoms with van der Waals surface area (Å²) < 4.78 is 32.0. The third-order valence-electron chi connectivity index (χ3n) is 2.70. The fraction of sp³-hybridized carbons (Fsp3) is 0.0714. The minimum Gasteiger partial charge on any atom is -0.495 e. The smallest absolute Gasteiger partial charge is 0.263 e. The number of nitrogens with one attached hydrogen (secondary N) is 1. The standard InChI is InChI=1S/C14H11ClN2O3S/c1-20-13-7-6-11(8-12(13)15)17-21(18,19)14-5-3-2-4-10(14)9-16/h2-8,17H,1H3. The molecule has 0 aromatic heterocycles. The van der Waals surface area contributed by atoms with E-state index in [1.807, 2.05) is 6.07 Å². The van der Waals surface area contributed by atoms with Crippen molar-refractivity contribution in [2.24, 2.45) is 0 Å². The van der Waals surface area contributed by atoms with E-state index in [0.717, 1.165) is 0 Å². The summed E-state index contributed by atoms with van der Waals surface area (Å²) in [4.78, 5) is -0.0839. The molecule has 2 aromatic rings. The third-order valence-corrected chi connectivity index (χ3v) is 4.44. The van der Waals surface area contributed by atoms with Gasteiger partial charge in [-0.1, -0.05) is 23.7 Å². The van der Waals surface area contributed by atoms with E-state index in [0.29, 0.717) is 5.75 Å². The number of anilines is 1. The predicted octanol–water partition coefficient (Wildman–Crippen LogP) is 3.02. The van der Waals surface area contributed by atoms with Crippen molar-refractivity contribution in [2.75, 3.05) is 11.8 Å². The highest BCUT2D eigenvalue weighted by molar-refractivity contribution is 7.92. The van der Waals surface area contributed by atoms with Crippen molar-refractivity contribution in [3.05, 3.63) is 53.1 Å². The zero-order valence-corrected chi connectivity index (χ0v) is 12.6. The molecule has 0 bridgehead atoms. The molecule has 0 saturated carbocycles. The SMILES string of the molecule is COc1ccc(NS(=O)(=O)c2ccccc2C#N)cc1Cl. The van der Waals surface area contributed by atoms with Gasteiger partial charge in [-0.15, -0.1) is 0 Å². The lowest BCUT2D eigenvalue weighted by molar-refractivity contribution is 0.415. The first-order valence-corrected chi connectivity index (χ1v) is 7.69. The number of hydrogen-bond donors (Lipinski definition) is 1. The van der Waals surface area contributed by atoms with Crippen LogP contribution in [0.15, 0.2) is 47.4 Å². The van der Waals surface area contributed by atoms with Crippen LogP contribution in [0.2, 0.25) is 5.02 Å². The highest BCUT2D eigenvalue weighted by Crippen LogP contribution is 2.28. The molecular formula is C14H11ClN2O3S. The lowest BCUT2D eigenvalue weighted by Crippen LogP contribution is -2.14. The summed E-state index contributed by atoms with van der Waals surface area (Å²) in [5.74, 6) is 0.442. The minimum atomic E-state index is -3.86. The number of sulfonamides is 1. The Hall–Kier alpha value is -2.23. The van der Waals surface area contributed by atoms with Crippen LogP contribution in [0.4, 0.5) is 5.69 Å². The number of ether oxygens (including phenoxy) is 1. The number of nitrogens with zero attached hydrogens (tertiary/aromatic N) is 1. The zero-order chi connectivity index (χ0) is 15.5. The second-order valence-electron chi connectivity index (χ2n) is 4.06. The topological polar surface area (TPSA) is 79.2 Å². The Labute approximate surface area is 127 Å². The van der Waals surface area contributed by atoms with Crippen LogP contribution in [-0.4, -0.2) is 15.5 Å². The largest absolute Gasteiger partial charge is 0.495 e. The van der Waals surface area contributed by atoms with Gasteiger partial charge in [-0.05, 0) is 30.3 Å². The van der Waals surface area contributed by atoms with Crippen LogP contribution >= 0.6 is 11.6 Å². The molecular weight excluding hydrogens is 312 g/mol. The van der Waals surface area contributed by atoms with Crippen molar-refractivity contribution in [1.29, 1.82) is 5.26 Å². The van der Waals surface area contributed by atoms with Crippen molar-refractivity contribution in [1.82, 2.24) is 0 Å². The lowest BCUT2D eigenvalue weighted by atomic mass is 10.2. The highest BCUT2D eigenvalue weighted by atomic mass is 35.5. The van der Waals surface area contributed by atoms with Gasteiger partial charge >= 0.3 is 0 Å². The molecule has 108 valence electrons. The molecule has 0 aliphatic rings. The van der Waals surface area contributed by atoms with Crippen LogP contribution in [0.5, 0.6) is 5.75 Å². The summed E-state index contributed by atoms with van der Waals surface area (Å²) >= 11 is 5.95. The first kappa shape index (κ1) is 15.2. The number of methoxy groups -OCH3 is 1. The van der Waals surface area contributed by atoms with Crippen molar-refractivity contribution in [3.8, 4) is 11.8 Å². The van der Waals surface area contributed by atoms with E-state index < -0.39 is 10.0 Å². The van der Waals surface area contributed by atoms with Crippen molar-refractivity contribution >= 4 is 27.3 Å². The summed E-state index contributed by atoms with van der Waals surface area (Å²) in [5.41, 5.74) is 0.359. The van der Waals surface area contributed by atoms with E-state index in [4.69, 9.17) is 21.6 Å². The van der Waals surface area contributed by atoms with E-state index in [-0.39, 0.29) is 21.2 Å². The molecule has 0 amide bonds. The maximum Gasteiger partial charge on any atom is 0.263 e. The van der Waals surface area contributed by atoms with Crippen LogP contribution in [0.25, 0.3) is 0 Å². The summed E-state index contributed by atoms with van der Waals surface area (Å²) in [6, 6.07) is 12.3. The van der Waals surface area contributed by atoms with Crippen LogP contribution in [0.1, 0.15) is 5.56 Å². The molecule has 2 aromatic carbocycles. The van der Waals surface area contributed by atoms with Gasteiger partial charge in [0.2, 0.25) is 0 Å². The molecule has 0 fully saturated rings. The normalized spacial score (nSPS) is 10.7. The van der Waals surface area contributed by atoms with E-state index in [1.54, 1.807) is 18.2 Å². The molecule has 0 radical (unpaired) electrons. The molecule has 1 N–H and O–H groups in total. The first-order valence-electron chi connectivity index (χ1n) is 5.83. The Morgan fingerprint density at radius 3 is 2.57 bits per heavy atom. The van der Waals surface area contributed by atoms with Crippen LogP contribution in [-0.2, 0) is 10.0 Å². The maximum absolute atomic E-state index is 12.3. The number of nitriles is 1. The minimum absolute atomic E-state index is 0.0737. The quantitative estimate of drug-likeness (QED) is 0.938. The van der Waals surface area contributed by atoms with Gasteiger partial charge in [0, 0.05) is 0 Å². The van der Waals surface area contributed by atoms with Crippen LogP contribution in [0.3, 0.4) is 0 Å². The summed E-state index contributed by atoms with van der Waals surface area (Å²) in [7, 11) is -2.40. The van der Waals surface area contributed by atoms with Gasteiger partial charge in [-0.2, -0.15) is 5.26 Å². The number of hydrogen-bond acceptors (Lipinski definition) is 4. The molecule has 0 spiro atoms. The first-order chi connectivity index (χ1) is 9.97. The Bertz CT molecular complexity index is 813. The number of rotatable bonds is 4. The second kappa shape index (κ2) is 6.04. The Morgan fingerprint density at radius 2 is 1.95 bits per heavy atom. The summed E-state index contributed by atoms with van der Waals surface area (Å²) in [6.45, 7) is 0. The average Bonchev–Trinajstić information content (AvgIpc) is 2.47. The molecule has 0 aliphatic heterocycles. The molecule has 0 saturated heterocycles.